The predicted octanol–water partition coefficient (Wildman–Crippen LogP) is 0.445. The van der Waals surface area contributed by atoms with Gasteiger partial charge >= 0.3 is 6.09 Å². The Kier molecular flexibility index (Phi) is 3.60. The van der Waals surface area contributed by atoms with Crippen molar-refractivity contribution in [3.63, 3.8) is 0 Å². The first-order valence-corrected chi connectivity index (χ1v) is 8.19. The fraction of sp³-hybridized carbons (Fsp3) is 0.462. The zero-order chi connectivity index (χ0) is 15.0. The summed E-state index contributed by atoms with van der Waals surface area (Å²) in [5.41, 5.74) is 0.543. The lowest BCUT2D eigenvalue weighted by atomic mass is 10.3. The van der Waals surface area contributed by atoms with Gasteiger partial charge in [-0.15, -0.1) is 0 Å². The zero-order valence-corrected chi connectivity index (χ0v) is 12.0. The number of ether oxygens (including phenoxy) is 1. The molecule has 1 aliphatic carbocycles. The lowest BCUT2D eigenvalue weighted by molar-refractivity contribution is 0.0963. The third-order valence-electron chi connectivity index (χ3n) is 3.44. The summed E-state index contributed by atoms with van der Waals surface area (Å²) in [7, 11) is -3.49. The van der Waals surface area contributed by atoms with Gasteiger partial charge in [0.1, 0.15) is 6.10 Å². The number of carbonyl (C=O) groups excluding carboxylic acids is 1. The molecule has 21 heavy (non-hydrogen) atoms. The van der Waals surface area contributed by atoms with Crippen LogP contribution >= 0.6 is 0 Å². The molecule has 1 saturated carbocycles. The lowest BCUT2D eigenvalue weighted by Crippen LogP contribution is -2.27. The molecule has 2 fully saturated rings. The van der Waals surface area contributed by atoms with Crippen molar-refractivity contribution in [1.82, 2.24) is 4.72 Å². The molecule has 0 radical (unpaired) electrons. The van der Waals surface area contributed by atoms with E-state index in [9.17, 15) is 13.2 Å². The number of nitrogens with zero attached hydrogens (tertiary/aromatic N) is 1. The van der Waals surface area contributed by atoms with Crippen LogP contribution in [0.1, 0.15) is 12.8 Å². The van der Waals surface area contributed by atoms with E-state index in [1.165, 1.54) is 17.0 Å². The molecule has 1 aromatic carbocycles. The Morgan fingerprint density at radius 2 is 1.95 bits per heavy atom. The van der Waals surface area contributed by atoms with Crippen LogP contribution in [0, 0.1) is 0 Å². The van der Waals surface area contributed by atoms with E-state index >= 15 is 0 Å². The van der Waals surface area contributed by atoms with Gasteiger partial charge in [-0.25, -0.2) is 17.9 Å². The Bertz CT molecular complexity index is 639. The van der Waals surface area contributed by atoms with Crippen molar-refractivity contribution in [2.24, 2.45) is 0 Å². The van der Waals surface area contributed by atoms with Crippen molar-refractivity contribution in [2.45, 2.75) is 29.9 Å². The Morgan fingerprint density at radius 3 is 2.48 bits per heavy atom. The zero-order valence-electron chi connectivity index (χ0n) is 11.2. The molecular weight excluding hydrogens is 296 g/mol. The molecule has 7 nitrogen and oxygen atoms in total. The Balaban J connectivity index is 1.76. The van der Waals surface area contributed by atoms with Gasteiger partial charge in [0.25, 0.3) is 0 Å². The molecular formula is C13H16N2O5S. The molecule has 1 unspecified atom stereocenters. The van der Waals surface area contributed by atoms with Gasteiger partial charge in [0.15, 0.2) is 0 Å². The summed E-state index contributed by atoms with van der Waals surface area (Å²) < 4.78 is 31.6. The maximum absolute atomic E-state index is 12.0. The van der Waals surface area contributed by atoms with Gasteiger partial charge in [0, 0.05) is 11.7 Å². The largest absolute Gasteiger partial charge is 0.441 e. The monoisotopic (exact) mass is 312 g/mol. The van der Waals surface area contributed by atoms with Crippen LogP contribution in [0.15, 0.2) is 29.2 Å². The van der Waals surface area contributed by atoms with E-state index in [0.717, 1.165) is 12.8 Å². The third-order valence-corrected chi connectivity index (χ3v) is 4.97. The summed E-state index contributed by atoms with van der Waals surface area (Å²) in [6.07, 6.45) is 0.664. The van der Waals surface area contributed by atoms with E-state index in [0.29, 0.717) is 5.69 Å². The lowest BCUT2D eigenvalue weighted by Gasteiger charge is -2.13. The van der Waals surface area contributed by atoms with Crippen molar-refractivity contribution >= 4 is 21.8 Å². The molecule has 8 heteroatoms. The number of carbonyl (C=O) groups is 1. The van der Waals surface area contributed by atoms with Crippen LogP contribution in [0.2, 0.25) is 0 Å². The quantitative estimate of drug-likeness (QED) is 0.823. The summed E-state index contributed by atoms with van der Waals surface area (Å²) >= 11 is 0. The molecule has 0 aromatic heterocycles. The molecule has 1 aromatic rings. The molecule has 2 aliphatic rings. The first-order valence-electron chi connectivity index (χ1n) is 6.71. The van der Waals surface area contributed by atoms with Gasteiger partial charge in [-0.2, -0.15) is 0 Å². The maximum Gasteiger partial charge on any atom is 0.414 e. The molecule has 0 bridgehead atoms. The highest BCUT2D eigenvalue weighted by molar-refractivity contribution is 7.89. The standard InChI is InChI=1S/C13H16N2O5S/c16-8-11-7-15(13(17)20-11)10-3-5-12(6-4-10)21(18,19)14-9-1-2-9/h3-6,9,11,14,16H,1-2,7-8H2. The van der Waals surface area contributed by atoms with Crippen LogP contribution in [-0.4, -0.2) is 44.9 Å². The van der Waals surface area contributed by atoms with Crippen molar-refractivity contribution < 1.29 is 23.1 Å². The Morgan fingerprint density at radius 1 is 1.29 bits per heavy atom. The average Bonchev–Trinajstić information content (AvgIpc) is 3.18. The minimum Gasteiger partial charge on any atom is -0.441 e. The molecule has 0 spiro atoms. The van der Waals surface area contributed by atoms with Crippen molar-refractivity contribution in [3.8, 4) is 0 Å². The molecule has 3 rings (SSSR count). The van der Waals surface area contributed by atoms with Crippen LogP contribution in [-0.2, 0) is 14.8 Å². The summed E-state index contributed by atoms with van der Waals surface area (Å²) in [5.74, 6) is 0. The van der Waals surface area contributed by atoms with Gasteiger partial charge in [-0.1, -0.05) is 0 Å². The summed E-state index contributed by atoms with van der Waals surface area (Å²) in [6.45, 7) is 0.0156. The number of amides is 1. The van der Waals surface area contributed by atoms with Gasteiger partial charge in [-0.3, -0.25) is 4.90 Å². The average molecular weight is 312 g/mol. The van der Waals surface area contributed by atoms with Gasteiger partial charge in [0.05, 0.1) is 18.0 Å². The maximum atomic E-state index is 12.0. The number of aliphatic hydroxyl groups is 1. The number of cyclic esters (lactones) is 1. The van der Waals surface area contributed by atoms with Gasteiger partial charge < -0.3 is 9.84 Å². The van der Waals surface area contributed by atoms with Crippen molar-refractivity contribution in [1.29, 1.82) is 0 Å². The van der Waals surface area contributed by atoms with Crippen LogP contribution in [0.3, 0.4) is 0 Å². The summed E-state index contributed by atoms with van der Waals surface area (Å²) in [4.78, 5) is 13.2. The molecule has 1 atom stereocenters. The summed E-state index contributed by atoms with van der Waals surface area (Å²) in [5, 5.41) is 9.00. The number of rotatable bonds is 5. The van der Waals surface area contributed by atoms with E-state index in [-0.39, 0.29) is 24.1 Å². The second kappa shape index (κ2) is 5.28. The highest BCUT2D eigenvalue weighted by Gasteiger charge is 2.32. The normalized spacial score (nSPS) is 22.4. The highest BCUT2D eigenvalue weighted by atomic mass is 32.2. The minimum absolute atomic E-state index is 0.0496. The van der Waals surface area contributed by atoms with E-state index in [1.54, 1.807) is 12.1 Å². The Labute approximate surface area is 122 Å². The molecule has 1 amide bonds. The van der Waals surface area contributed by atoms with Crippen molar-refractivity contribution in [2.75, 3.05) is 18.1 Å². The highest BCUT2D eigenvalue weighted by Crippen LogP contribution is 2.25. The molecule has 114 valence electrons. The number of nitrogens with one attached hydrogen (secondary N) is 1. The first kappa shape index (κ1) is 14.3. The molecule has 1 saturated heterocycles. The predicted molar refractivity (Wildman–Crippen MR) is 74.5 cm³/mol. The first-order chi connectivity index (χ1) is 9.99. The van der Waals surface area contributed by atoms with Gasteiger partial charge in [-0.05, 0) is 37.1 Å². The van der Waals surface area contributed by atoms with Crippen LogP contribution in [0.25, 0.3) is 0 Å². The second-order valence-electron chi connectivity index (χ2n) is 5.19. The van der Waals surface area contributed by atoms with E-state index in [2.05, 4.69) is 4.72 Å². The molecule has 1 heterocycles. The van der Waals surface area contributed by atoms with Crippen molar-refractivity contribution in [3.05, 3.63) is 24.3 Å². The number of anilines is 1. The van der Waals surface area contributed by atoms with Crippen LogP contribution in [0.5, 0.6) is 0 Å². The van der Waals surface area contributed by atoms with E-state index in [1.807, 2.05) is 0 Å². The van der Waals surface area contributed by atoms with E-state index in [4.69, 9.17) is 9.84 Å². The van der Waals surface area contributed by atoms with Gasteiger partial charge in [0.2, 0.25) is 10.0 Å². The third kappa shape index (κ3) is 3.02. The number of hydrogen-bond acceptors (Lipinski definition) is 5. The molecule has 2 N–H and O–H groups in total. The summed E-state index contributed by atoms with van der Waals surface area (Å²) in [6, 6.07) is 6.08. The smallest absolute Gasteiger partial charge is 0.414 e. The number of benzene rings is 1. The fourth-order valence-electron chi connectivity index (χ4n) is 2.12. The number of sulfonamides is 1. The second-order valence-corrected chi connectivity index (χ2v) is 6.90. The minimum atomic E-state index is -3.49. The fourth-order valence-corrected chi connectivity index (χ4v) is 3.43. The SMILES string of the molecule is O=C1OC(CO)CN1c1ccc(S(=O)(=O)NC2CC2)cc1. The topological polar surface area (TPSA) is 95.9 Å². The number of hydrogen-bond donors (Lipinski definition) is 2. The number of aliphatic hydroxyl groups excluding tert-OH is 1. The van der Waals surface area contributed by atoms with Crippen LogP contribution in [0.4, 0.5) is 10.5 Å². The van der Waals surface area contributed by atoms with E-state index < -0.39 is 22.2 Å². The Hall–Kier alpha value is -1.64. The van der Waals surface area contributed by atoms with Crippen LogP contribution < -0.4 is 9.62 Å². The molecule has 1 aliphatic heterocycles.